The van der Waals surface area contributed by atoms with Crippen LogP contribution in [0.5, 0.6) is 11.8 Å². The minimum Gasteiger partial charge on any atom is -0.424 e. The molecular formula is C22H18F3N5O2. The summed E-state index contributed by atoms with van der Waals surface area (Å²) < 4.78 is 43.9. The highest BCUT2D eigenvalue weighted by Gasteiger charge is 2.30. The molecule has 32 heavy (non-hydrogen) atoms. The number of alkyl halides is 3. The SMILES string of the molecule is O=CC=CN1CC(Nc2cncc(-c3cnc(Oc4cccc(C(F)(F)F)c4)nc3)c2)C1. The van der Waals surface area contributed by atoms with Gasteiger partial charge in [-0.15, -0.1) is 0 Å². The van der Waals surface area contributed by atoms with Crippen molar-refractivity contribution in [2.24, 2.45) is 0 Å². The Balaban J connectivity index is 1.40. The van der Waals surface area contributed by atoms with Gasteiger partial charge in [-0.1, -0.05) is 6.07 Å². The van der Waals surface area contributed by atoms with Crippen LogP contribution in [0.25, 0.3) is 11.1 Å². The number of aromatic nitrogens is 3. The number of aldehydes is 1. The first-order valence-electron chi connectivity index (χ1n) is 9.66. The lowest BCUT2D eigenvalue weighted by Gasteiger charge is -2.39. The molecule has 7 nitrogen and oxygen atoms in total. The van der Waals surface area contributed by atoms with Gasteiger partial charge in [0.05, 0.1) is 17.3 Å². The fourth-order valence-corrected chi connectivity index (χ4v) is 3.15. The minimum absolute atomic E-state index is 0.00188. The van der Waals surface area contributed by atoms with Gasteiger partial charge >= 0.3 is 12.2 Å². The van der Waals surface area contributed by atoms with E-state index in [0.29, 0.717) is 5.56 Å². The summed E-state index contributed by atoms with van der Waals surface area (Å²) in [6.45, 7) is 1.55. The lowest BCUT2D eigenvalue weighted by atomic mass is 10.1. The fourth-order valence-electron chi connectivity index (χ4n) is 3.15. The Morgan fingerprint density at radius 1 is 1.06 bits per heavy atom. The van der Waals surface area contributed by atoms with Gasteiger partial charge in [0.2, 0.25) is 0 Å². The molecule has 0 radical (unpaired) electrons. The second-order valence-corrected chi connectivity index (χ2v) is 7.12. The molecule has 0 amide bonds. The van der Waals surface area contributed by atoms with E-state index in [9.17, 15) is 18.0 Å². The number of rotatable bonds is 7. The van der Waals surface area contributed by atoms with Crippen molar-refractivity contribution < 1.29 is 22.7 Å². The quantitative estimate of drug-likeness (QED) is 0.436. The Kier molecular flexibility index (Phi) is 6.02. The predicted molar refractivity (Wildman–Crippen MR) is 111 cm³/mol. The van der Waals surface area contributed by atoms with Gasteiger partial charge in [-0.25, -0.2) is 9.97 Å². The summed E-state index contributed by atoms with van der Waals surface area (Å²) in [4.78, 5) is 24.8. The van der Waals surface area contributed by atoms with E-state index in [1.807, 2.05) is 11.0 Å². The molecule has 1 aromatic carbocycles. The first-order valence-corrected chi connectivity index (χ1v) is 9.66. The molecule has 0 spiro atoms. The van der Waals surface area contributed by atoms with Crippen LogP contribution in [0, 0.1) is 0 Å². The topological polar surface area (TPSA) is 80.2 Å². The van der Waals surface area contributed by atoms with E-state index in [1.54, 1.807) is 18.6 Å². The van der Waals surface area contributed by atoms with Gasteiger partial charge in [0.25, 0.3) is 0 Å². The molecule has 2 aromatic heterocycles. The van der Waals surface area contributed by atoms with Crippen molar-refractivity contribution in [3.8, 4) is 22.9 Å². The summed E-state index contributed by atoms with van der Waals surface area (Å²) in [5, 5.41) is 3.37. The van der Waals surface area contributed by atoms with E-state index < -0.39 is 11.7 Å². The highest BCUT2D eigenvalue weighted by atomic mass is 19.4. The largest absolute Gasteiger partial charge is 0.424 e. The highest BCUT2D eigenvalue weighted by molar-refractivity contribution is 5.66. The van der Waals surface area contributed by atoms with Crippen molar-refractivity contribution in [2.45, 2.75) is 12.2 Å². The monoisotopic (exact) mass is 441 g/mol. The Hall–Kier alpha value is -3.95. The summed E-state index contributed by atoms with van der Waals surface area (Å²) in [7, 11) is 0. The molecule has 1 N–H and O–H groups in total. The Morgan fingerprint density at radius 2 is 1.84 bits per heavy atom. The van der Waals surface area contributed by atoms with Crippen molar-refractivity contribution >= 4 is 12.0 Å². The number of anilines is 1. The predicted octanol–water partition coefficient (Wildman–Crippen LogP) is 4.16. The number of carbonyl (C=O) groups is 1. The van der Waals surface area contributed by atoms with Crippen LogP contribution in [0.3, 0.4) is 0 Å². The van der Waals surface area contributed by atoms with Crippen LogP contribution in [-0.2, 0) is 11.0 Å². The number of likely N-dealkylation sites (tertiary alicyclic amines) is 1. The molecule has 1 saturated heterocycles. The van der Waals surface area contributed by atoms with Gasteiger partial charge in [0.1, 0.15) is 12.0 Å². The summed E-state index contributed by atoms with van der Waals surface area (Å²) in [5.74, 6) is -0.00188. The zero-order valence-electron chi connectivity index (χ0n) is 16.7. The van der Waals surface area contributed by atoms with Crippen LogP contribution in [0.4, 0.5) is 18.9 Å². The molecule has 1 aliphatic heterocycles. The van der Waals surface area contributed by atoms with Gasteiger partial charge in [-0.2, -0.15) is 13.2 Å². The second-order valence-electron chi connectivity index (χ2n) is 7.12. The zero-order valence-corrected chi connectivity index (χ0v) is 16.7. The number of allylic oxidation sites excluding steroid dienone is 1. The van der Waals surface area contributed by atoms with E-state index in [1.165, 1.54) is 30.6 Å². The molecule has 0 atom stereocenters. The number of ether oxygens (including phenoxy) is 1. The first kappa shape index (κ1) is 21.3. The van der Waals surface area contributed by atoms with Crippen LogP contribution < -0.4 is 10.1 Å². The normalized spacial score (nSPS) is 14.3. The zero-order chi connectivity index (χ0) is 22.6. The number of nitrogens with one attached hydrogen (secondary N) is 1. The summed E-state index contributed by atoms with van der Waals surface area (Å²) >= 11 is 0. The average Bonchev–Trinajstić information content (AvgIpc) is 2.75. The van der Waals surface area contributed by atoms with Crippen molar-refractivity contribution in [1.29, 1.82) is 0 Å². The van der Waals surface area contributed by atoms with Gasteiger partial charge in [0.15, 0.2) is 0 Å². The highest BCUT2D eigenvalue weighted by Crippen LogP contribution is 2.32. The summed E-state index contributed by atoms with van der Waals surface area (Å²) in [6.07, 6.45) is 5.90. The van der Waals surface area contributed by atoms with Crippen LogP contribution in [0.1, 0.15) is 5.56 Å². The first-order chi connectivity index (χ1) is 15.4. The van der Waals surface area contributed by atoms with Crippen LogP contribution in [-0.4, -0.2) is 45.3 Å². The molecule has 164 valence electrons. The molecule has 0 unspecified atom stereocenters. The third kappa shape index (κ3) is 5.20. The van der Waals surface area contributed by atoms with Crippen LogP contribution in [0.15, 0.2) is 67.4 Å². The lowest BCUT2D eigenvalue weighted by molar-refractivity contribution is -0.137. The molecule has 4 rings (SSSR count). The molecule has 10 heteroatoms. The van der Waals surface area contributed by atoms with E-state index in [4.69, 9.17) is 4.74 Å². The number of pyridine rings is 1. The van der Waals surface area contributed by atoms with E-state index in [2.05, 4.69) is 20.3 Å². The number of hydrogen-bond acceptors (Lipinski definition) is 7. The third-order valence-corrected chi connectivity index (χ3v) is 4.73. The number of hydrogen-bond donors (Lipinski definition) is 1. The number of nitrogens with zero attached hydrogens (tertiary/aromatic N) is 4. The van der Waals surface area contributed by atoms with Crippen LogP contribution in [0.2, 0.25) is 0 Å². The van der Waals surface area contributed by atoms with E-state index >= 15 is 0 Å². The fraction of sp³-hybridized carbons (Fsp3) is 0.182. The minimum atomic E-state index is -4.46. The van der Waals surface area contributed by atoms with Crippen molar-refractivity contribution in [3.05, 3.63) is 73.0 Å². The van der Waals surface area contributed by atoms with Gasteiger partial charge in [-0.3, -0.25) is 9.78 Å². The number of halogens is 3. The Bertz CT molecular complexity index is 1110. The Morgan fingerprint density at radius 3 is 2.56 bits per heavy atom. The lowest BCUT2D eigenvalue weighted by Crippen LogP contribution is -2.51. The number of carbonyl (C=O) groups excluding carboxylic acids is 1. The van der Waals surface area contributed by atoms with E-state index in [0.717, 1.165) is 42.8 Å². The summed E-state index contributed by atoms with van der Waals surface area (Å²) in [6, 6.07) is 6.61. The Labute approximate surface area is 181 Å². The van der Waals surface area contributed by atoms with Gasteiger partial charge in [-0.05, 0) is 30.3 Å². The standard InChI is InChI=1S/C22H18F3N5O2/c23-22(24,25)17-3-1-4-20(8-17)32-21-27-10-16(11-28-21)15-7-18(12-26-9-15)29-19-13-30(14-19)5-2-6-31/h1-12,19,29H,13-14H2. The van der Waals surface area contributed by atoms with E-state index in [-0.39, 0.29) is 17.8 Å². The maximum atomic E-state index is 12.8. The smallest absolute Gasteiger partial charge is 0.416 e. The van der Waals surface area contributed by atoms with Crippen molar-refractivity contribution in [2.75, 3.05) is 18.4 Å². The summed E-state index contributed by atoms with van der Waals surface area (Å²) in [5.41, 5.74) is 1.48. The third-order valence-electron chi connectivity index (χ3n) is 4.73. The van der Waals surface area contributed by atoms with Gasteiger partial charge in [0, 0.05) is 55.2 Å². The molecule has 0 saturated carbocycles. The molecular weight excluding hydrogens is 423 g/mol. The molecule has 3 aromatic rings. The molecule has 1 aliphatic rings. The number of benzene rings is 1. The van der Waals surface area contributed by atoms with Crippen molar-refractivity contribution in [1.82, 2.24) is 19.9 Å². The average molecular weight is 441 g/mol. The molecule has 3 heterocycles. The van der Waals surface area contributed by atoms with Crippen molar-refractivity contribution in [3.63, 3.8) is 0 Å². The molecule has 0 bridgehead atoms. The maximum Gasteiger partial charge on any atom is 0.416 e. The maximum absolute atomic E-state index is 12.8. The molecule has 0 aliphatic carbocycles. The molecule has 1 fully saturated rings. The second kappa shape index (κ2) is 9.04. The van der Waals surface area contributed by atoms with Crippen LogP contribution >= 0.6 is 0 Å². The van der Waals surface area contributed by atoms with Gasteiger partial charge < -0.3 is 15.0 Å².